The van der Waals surface area contributed by atoms with Crippen LogP contribution in [0.2, 0.25) is 0 Å². The van der Waals surface area contributed by atoms with Gasteiger partial charge in [-0.1, -0.05) is 19.4 Å². The van der Waals surface area contributed by atoms with Gasteiger partial charge in [-0.25, -0.2) is 13.6 Å². The molecule has 3 rings (SSSR count). The zero-order chi connectivity index (χ0) is 18.0. The predicted molar refractivity (Wildman–Crippen MR) is 91.9 cm³/mol. The first-order valence-electron chi connectivity index (χ1n) is 8.13. The van der Waals surface area contributed by atoms with E-state index in [4.69, 9.17) is 9.15 Å². The molecule has 5 heteroatoms. The molecule has 3 nitrogen and oxygen atoms in total. The van der Waals surface area contributed by atoms with Gasteiger partial charge in [-0.3, -0.25) is 0 Å². The zero-order valence-corrected chi connectivity index (χ0v) is 14.1. The molecule has 0 N–H and O–H groups in total. The lowest BCUT2D eigenvalue weighted by Gasteiger charge is -2.13. The third kappa shape index (κ3) is 3.40. The minimum atomic E-state index is -0.657. The first-order valence-corrected chi connectivity index (χ1v) is 8.13. The summed E-state index contributed by atoms with van der Waals surface area (Å²) in [4.78, 5) is 11.8. The van der Waals surface area contributed by atoms with Crippen LogP contribution in [-0.2, 0) is 13.0 Å². The van der Waals surface area contributed by atoms with E-state index in [-0.39, 0.29) is 12.2 Å². The number of benzene rings is 2. The minimum absolute atomic E-state index is 0.136. The van der Waals surface area contributed by atoms with Crippen LogP contribution in [0.15, 0.2) is 45.6 Å². The Kier molecular flexibility index (Phi) is 4.83. The van der Waals surface area contributed by atoms with Gasteiger partial charge in [-0.15, -0.1) is 0 Å². The fourth-order valence-corrected chi connectivity index (χ4v) is 2.86. The Balaban J connectivity index is 1.98. The van der Waals surface area contributed by atoms with Crippen molar-refractivity contribution < 1.29 is 17.9 Å². The van der Waals surface area contributed by atoms with E-state index in [1.54, 1.807) is 13.0 Å². The van der Waals surface area contributed by atoms with Gasteiger partial charge in [0.1, 0.15) is 29.6 Å². The Morgan fingerprint density at radius 3 is 2.52 bits per heavy atom. The second-order valence-electron chi connectivity index (χ2n) is 5.89. The van der Waals surface area contributed by atoms with Crippen LogP contribution in [0.4, 0.5) is 8.78 Å². The van der Waals surface area contributed by atoms with Crippen LogP contribution < -0.4 is 10.4 Å². The van der Waals surface area contributed by atoms with E-state index < -0.39 is 17.3 Å². The highest BCUT2D eigenvalue weighted by molar-refractivity contribution is 5.84. The molecule has 0 atom stereocenters. The summed E-state index contributed by atoms with van der Waals surface area (Å²) in [7, 11) is 0. The van der Waals surface area contributed by atoms with E-state index in [1.807, 2.05) is 13.0 Å². The van der Waals surface area contributed by atoms with Gasteiger partial charge >= 0.3 is 5.63 Å². The summed E-state index contributed by atoms with van der Waals surface area (Å²) in [6.45, 7) is 3.55. The van der Waals surface area contributed by atoms with Crippen LogP contribution >= 0.6 is 0 Å². The highest BCUT2D eigenvalue weighted by atomic mass is 19.1. The number of fused-ring (bicyclic) bond motifs is 1. The highest BCUT2D eigenvalue weighted by Gasteiger charge is 2.14. The molecule has 0 saturated carbocycles. The van der Waals surface area contributed by atoms with Gasteiger partial charge in [0, 0.05) is 17.0 Å². The van der Waals surface area contributed by atoms with Gasteiger partial charge in [0.05, 0.1) is 5.56 Å². The van der Waals surface area contributed by atoms with E-state index >= 15 is 0 Å². The average Bonchev–Trinajstić information content (AvgIpc) is 2.57. The molecule has 0 aliphatic rings. The quantitative estimate of drug-likeness (QED) is 0.617. The lowest BCUT2D eigenvalue weighted by atomic mass is 10.0. The fraction of sp³-hybridized carbons (Fsp3) is 0.250. The lowest BCUT2D eigenvalue weighted by molar-refractivity contribution is 0.290. The summed E-state index contributed by atoms with van der Waals surface area (Å²) in [5.41, 5.74) is 1.44. The molecule has 2 aromatic carbocycles. The molecule has 0 radical (unpaired) electrons. The summed E-state index contributed by atoms with van der Waals surface area (Å²) in [5.74, 6) is -0.891. The second kappa shape index (κ2) is 7.05. The van der Waals surface area contributed by atoms with Crippen molar-refractivity contribution in [2.75, 3.05) is 0 Å². The van der Waals surface area contributed by atoms with Crippen molar-refractivity contribution in [3.63, 3.8) is 0 Å². The molecule has 3 aromatic rings. The predicted octanol–water partition coefficient (Wildman–Crippen LogP) is 4.91. The van der Waals surface area contributed by atoms with E-state index in [9.17, 15) is 13.6 Å². The van der Waals surface area contributed by atoms with E-state index in [0.717, 1.165) is 23.8 Å². The van der Waals surface area contributed by atoms with E-state index in [1.165, 1.54) is 24.3 Å². The smallest absolute Gasteiger partial charge is 0.336 e. The van der Waals surface area contributed by atoms with Gasteiger partial charge in [0.15, 0.2) is 0 Å². The number of hydrogen-bond donors (Lipinski definition) is 0. The molecule has 1 heterocycles. The van der Waals surface area contributed by atoms with Crippen LogP contribution in [0, 0.1) is 18.6 Å². The average molecular weight is 344 g/mol. The highest BCUT2D eigenvalue weighted by Crippen LogP contribution is 2.29. The number of hydrogen-bond acceptors (Lipinski definition) is 3. The van der Waals surface area contributed by atoms with Crippen molar-refractivity contribution in [2.24, 2.45) is 0 Å². The maximum atomic E-state index is 13.7. The van der Waals surface area contributed by atoms with Crippen molar-refractivity contribution in [1.29, 1.82) is 0 Å². The summed E-state index contributed by atoms with van der Waals surface area (Å²) in [5, 5.41) is 0.850. The third-order valence-electron chi connectivity index (χ3n) is 4.15. The maximum Gasteiger partial charge on any atom is 0.336 e. The standard InChI is InChI=1S/C20H18F2O3/c1-3-5-13-10-19(23)25-20-12(2)18(9-8-14(13)20)24-11-15-16(21)6-4-7-17(15)22/h4,6-10H,3,5,11H2,1-2H3. The molecule has 130 valence electrons. The molecule has 0 saturated heterocycles. The van der Waals surface area contributed by atoms with Gasteiger partial charge in [-0.05, 0) is 43.2 Å². The molecule has 0 unspecified atom stereocenters. The van der Waals surface area contributed by atoms with E-state index in [0.29, 0.717) is 16.9 Å². The molecule has 0 aliphatic heterocycles. The Hall–Kier alpha value is -2.69. The van der Waals surface area contributed by atoms with Crippen LogP contribution in [0.5, 0.6) is 5.75 Å². The first-order chi connectivity index (χ1) is 12.0. The van der Waals surface area contributed by atoms with Crippen LogP contribution in [-0.4, -0.2) is 0 Å². The molecule has 0 spiro atoms. The monoisotopic (exact) mass is 344 g/mol. The van der Waals surface area contributed by atoms with Crippen molar-refractivity contribution in [1.82, 2.24) is 0 Å². The molecule has 0 fully saturated rings. The van der Waals surface area contributed by atoms with Crippen molar-refractivity contribution in [3.8, 4) is 5.75 Å². The van der Waals surface area contributed by atoms with Crippen LogP contribution in [0.3, 0.4) is 0 Å². The van der Waals surface area contributed by atoms with Gasteiger partial charge < -0.3 is 9.15 Å². The Morgan fingerprint density at radius 1 is 1.12 bits per heavy atom. The van der Waals surface area contributed by atoms with Crippen LogP contribution in [0.25, 0.3) is 11.0 Å². The largest absolute Gasteiger partial charge is 0.488 e. The molecule has 0 bridgehead atoms. The third-order valence-corrected chi connectivity index (χ3v) is 4.15. The first kappa shape index (κ1) is 17.1. The fourth-order valence-electron chi connectivity index (χ4n) is 2.86. The van der Waals surface area contributed by atoms with Gasteiger partial charge in [-0.2, -0.15) is 0 Å². The normalized spacial score (nSPS) is 11.0. The molecule has 25 heavy (non-hydrogen) atoms. The Bertz CT molecular complexity index is 956. The van der Waals surface area contributed by atoms with Crippen molar-refractivity contribution in [3.05, 3.63) is 75.1 Å². The molecular formula is C20H18F2O3. The zero-order valence-electron chi connectivity index (χ0n) is 14.1. The van der Waals surface area contributed by atoms with Gasteiger partial charge in [0.2, 0.25) is 0 Å². The van der Waals surface area contributed by atoms with Crippen LogP contribution in [0.1, 0.15) is 30.0 Å². The Morgan fingerprint density at radius 2 is 1.84 bits per heavy atom. The molecule has 0 aliphatic carbocycles. The number of rotatable bonds is 5. The maximum absolute atomic E-state index is 13.7. The summed E-state index contributed by atoms with van der Waals surface area (Å²) < 4.78 is 38.4. The number of halogens is 2. The number of aryl methyl sites for hydroxylation is 2. The van der Waals surface area contributed by atoms with E-state index in [2.05, 4.69) is 0 Å². The second-order valence-corrected chi connectivity index (χ2v) is 5.89. The summed E-state index contributed by atoms with van der Waals surface area (Å²) >= 11 is 0. The molecular weight excluding hydrogens is 326 g/mol. The lowest BCUT2D eigenvalue weighted by Crippen LogP contribution is -2.05. The number of ether oxygens (including phenoxy) is 1. The summed E-state index contributed by atoms with van der Waals surface area (Å²) in [6.07, 6.45) is 1.67. The Labute approximate surface area is 143 Å². The minimum Gasteiger partial charge on any atom is -0.488 e. The topological polar surface area (TPSA) is 39.4 Å². The molecule has 1 aromatic heterocycles. The molecule has 0 amide bonds. The van der Waals surface area contributed by atoms with Crippen molar-refractivity contribution in [2.45, 2.75) is 33.3 Å². The van der Waals surface area contributed by atoms with Gasteiger partial charge in [0.25, 0.3) is 0 Å². The summed E-state index contributed by atoms with van der Waals surface area (Å²) in [6, 6.07) is 8.72. The SMILES string of the molecule is CCCc1cc(=O)oc2c(C)c(OCc3c(F)cccc3F)ccc12. The van der Waals surface area contributed by atoms with Crippen molar-refractivity contribution >= 4 is 11.0 Å².